The van der Waals surface area contributed by atoms with E-state index in [1.54, 1.807) is 0 Å². The first-order chi connectivity index (χ1) is 10.3. The Morgan fingerprint density at radius 2 is 1.33 bits per heavy atom. The predicted molar refractivity (Wildman–Crippen MR) is 89.4 cm³/mol. The van der Waals surface area contributed by atoms with Gasteiger partial charge in [-0.2, -0.15) is 0 Å². The standard InChI is InChI=1S/C18H21NOS/c21-19-13-11-17(12-14-19)20-18(15-7-3-1-4-8-15)16-9-5-2-6-10-16/h1-10,17-18,21H,11-14H2. The number of hydrogen-bond acceptors (Lipinski definition) is 3. The van der Waals surface area contributed by atoms with Crippen molar-refractivity contribution in [2.24, 2.45) is 0 Å². The first kappa shape index (κ1) is 14.6. The minimum Gasteiger partial charge on any atom is -0.365 e. The number of rotatable bonds is 4. The van der Waals surface area contributed by atoms with E-state index in [4.69, 9.17) is 4.74 Å². The molecule has 1 aliphatic rings. The van der Waals surface area contributed by atoms with Crippen LogP contribution < -0.4 is 0 Å². The van der Waals surface area contributed by atoms with Crippen molar-refractivity contribution < 1.29 is 4.74 Å². The van der Waals surface area contributed by atoms with Crippen LogP contribution in [0.15, 0.2) is 60.7 Å². The third-order valence-corrected chi connectivity index (χ3v) is 4.35. The molecule has 0 bridgehead atoms. The van der Waals surface area contributed by atoms with Crippen LogP contribution in [0.25, 0.3) is 0 Å². The van der Waals surface area contributed by atoms with E-state index in [0.717, 1.165) is 25.9 Å². The van der Waals surface area contributed by atoms with Crippen LogP contribution in [0.3, 0.4) is 0 Å². The van der Waals surface area contributed by atoms with Crippen molar-refractivity contribution in [3.05, 3.63) is 71.8 Å². The molecule has 0 aliphatic carbocycles. The van der Waals surface area contributed by atoms with Crippen LogP contribution in [-0.2, 0) is 4.74 Å². The molecule has 1 saturated heterocycles. The lowest BCUT2D eigenvalue weighted by molar-refractivity contribution is -0.0159. The molecule has 2 nitrogen and oxygen atoms in total. The summed E-state index contributed by atoms with van der Waals surface area (Å²) in [6, 6.07) is 21.0. The summed E-state index contributed by atoms with van der Waals surface area (Å²) in [4.78, 5) is 0. The van der Waals surface area contributed by atoms with Gasteiger partial charge < -0.3 is 4.74 Å². The number of hydrogen-bond donors (Lipinski definition) is 1. The Morgan fingerprint density at radius 1 is 0.857 bits per heavy atom. The summed E-state index contributed by atoms with van der Waals surface area (Å²) in [5, 5.41) is 0. The number of ether oxygens (including phenoxy) is 1. The number of piperidine rings is 1. The maximum absolute atomic E-state index is 6.45. The van der Waals surface area contributed by atoms with Crippen LogP contribution in [0.4, 0.5) is 0 Å². The Kier molecular flexibility index (Phi) is 4.96. The molecule has 21 heavy (non-hydrogen) atoms. The molecule has 1 fully saturated rings. The van der Waals surface area contributed by atoms with Gasteiger partial charge in [0.25, 0.3) is 0 Å². The minimum atomic E-state index is 0.0175. The lowest BCUT2D eigenvalue weighted by Crippen LogP contribution is -2.32. The normalized spacial score (nSPS) is 17.2. The van der Waals surface area contributed by atoms with E-state index in [-0.39, 0.29) is 6.10 Å². The number of thiol groups is 1. The fourth-order valence-electron chi connectivity index (χ4n) is 2.78. The highest BCUT2D eigenvalue weighted by Crippen LogP contribution is 2.30. The second-order valence-corrected chi connectivity index (χ2v) is 6.06. The second-order valence-electron chi connectivity index (χ2n) is 5.49. The smallest absolute Gasteiger partial charge is 0.108 e. The molecule has 3 rings (SSSR count). The van der Waals surface area contributed by atoms with Crippen LogP contribution in [-0.4, -0.2) is 23.5 Å². The van der Waals surface area contributed by atoms with Gasteiger partial charge in [0.15, 0.2) is 0 Å². The predicted octanol–water partition coefficient (Wildman–Crippen LogP) is 4.10. The quantitative estimate of drug-likeness (QED) is 0.853. The molecule has 2 aromatic rings. The largest absolute Gasteiger partial charge is 0.365 e. The molecule has 0 radical (unpaired) electrons. The molecule has 0 spiro atoms. The number of benzene rings is 2. The van der Waals surface area contributed by atoms with Gasteiger partial charge in [-0.05, 0) is 24.0 Å². The maximum atomic E-state index is 6.45. The first-order valence-electron chi connectivity index (χ1n) is 7.52. The topological polar surface area (TPSA) is 12.5 Å². The first-order valence-corrected chi connectivity index (χ1v) is 7.92. The SMILES string of the molecule is SN1CCC(OC(c2ccccc2)c2ccccc2)CC1. The zero-order valence-corrected chi connectivity index (χ0v) is 13.0. The van der Waals surface area contributed by atoms with Gasteiger partial charge in [0.2, 0.25) is 0 Å². The van der Waals surface area contributed by atoms with Crippen LogP contribution >= 0.6 is 12.8 Å². The fourth-order valence-corrected chi connectivity index (χ4v) is 3.01. The molecular formula is C18H21NOS. The molecular weight excluding hydrogens is 278 g/mol. The summed E-state index contributed by atoms with van der Waals surface area (Å²) >= 11 is 4.41. The van der Waals surface area contributed by atoms with E-state index in [0.29, 0.717) is 6.10 Å². The van der Waals surface area contributed by atoms with Crippen molar-refractivity contribution in [2.45, 2.75) is 25.0 Å². The van der Waals surface area contributed by atoms with Gasteiger partial charge in [-0.15, -0.1) is 0 Å². The van der Waals surface area contributed by atoms with Gasteiger partial charge in [-0.1, -0.05) is 73.5 Å². The average Bonchev–Trinajstić information content (AvgIpc) is 2.56. The van der Waals surface area contributed by atoms with Crippen molar-refractivity contribution in [1.29, 1.82) is 0 Å². The van der Waals surface area contributed by atoms with Crippen LogP contribution in [0.5, 0.6) is 0 Å². The van der Waals surface area contributed by atoms with Crippen molar-refractivity contribution in [1.82, 2.24) is 4.31 Å². The van der Waals surface area contributed by atoms with E-state index >= 15 is 0 Å². The Balaban J connectivity index is 1.80. The van der Waals surface area contributed by atoms with Crippen molar-refractivity contribution >= 4 is 12.8 Å². The van der Waals surface area contributed by atoms with Gasteiger partial charge in [-0.3, -0.25) is 4.31 Å². The monoisotopic (exact) mass is 299 g/mol. The fraction of sp³-hybridized carbons (Fsp3) is 0.333. The van der Waals surface area contributed by atoms with E-state index < -0.39 is 0 Å². The van der Waals surface area contributed by atoms with Gasteiger partial charge in [-0.25, -0.2) is 0 Å². The highest BCUT2D eigenvalue weighted by molar-refractivity contribution is 7.77. The second kappa shape index (κ2) is 7.12. The summed E-state index contributed by atoms with van der Waals surface area (Å²) in [6.45, 7) is 1.98. The van der Waals surface area contributed by atoms with Crippen molar-refractivity contribution in [2.75, 3.05) is 13.1 Å². The summed E-state index contributed by atoms with van der Waals surface area (Å²) in [6.07, 6.45) is 2.40. The highest BCUT2D eigenvalue weighted by atomic mass is 32.1. The van der Waals surface area contributed by atoms with Crippen LogP contribution in [0, 0.1) is 0 Å². The summed E-state index contributed by atoms with van der Waals surface area (Å²) < 4.78 is 8.52. The van der Waals surface area contributed by atoms with Crippen molar-refractivity contribution in [3.8, 4) is 0 Å². The number of nitrogens with zero attached hydrogens (tertiary/aromatic N) is 1. The van der Waals surface area contributed by atoms with Gasteiger partial charge in [0, 0.05) is 13.1 Å². The Bertz CT molecular complexity index is 498. The third-order valence-electron chi connectivity index (χ3n) is 3.95. The summed E-state index contributed by atoms with van der Waals surface area (Å²) in [5.41, 5.74) is 2.44. The molecule has 0 aromatic heterocycles. The Hall–Kier alpha value is -1.29. The Morgan fingerprint density at radius 3 is 1.81 bits per heavy atom. The molecule has 1 aliphatic heterocycles. The van der Waals surface area contributed by atoms with Gasteiger partial charge in [0.1, 0.15) is 6.10 Å². The van der Waals surface area contributed by atoms with E-state index in [9.17, 15) is 0 Å². The zero-order valence-electron chi connectivity index (χ0n) is 12.1. The van der Waals surface area contributed by atoms with E-state index in [2.05, 4.69) is 65.7 Å². The van der Waals surface area contributed by atoms with Gasteiger partial charge in [0.05, 0.1) is 6.10 Å². The lowest BCUT2D eigenvalue weighted by atomic mass is 10.0. The summed E-state index contributed by atoms with van der Waals surface area (Å²) in [7, 11) is 0. The molecule has 0 unspecified atom stereocenters. The van der Waals surface area contributed by atoms with E-state index in [1.807, 2.05) is 12.1 Å². The molecule has 0 N–H and O–H groups in total. The molecule has 3 heteroatoms. The third kappa shape index (κ3) is 3.88. The molecule has 0 amide bonds. The maximum Gasteiger partial charge on any atom is 0.108 e. The highest BCUT2D eigenvalue weighted by Gasteiger charge is 2.23. The molecule has 110 valence electrons. The Labute approximate surface area is 132 Å². The molecule has 0 atom stereocenters. The van der Waals surface area contributed by atoms with Crippen LogP contribution in [0.1, 0.15) is 30.1 Å². The lowest BCUT2D eigenvalue weighted by Gasteiger charge is -2.31. The molecule has 2 aromatic carbocycles. The minimum absolute atomic E-state index is 0.0175. The van der Waals surface area contributed by atoms with E-state index in [1.165, 1.54) is 11.1 Å². The average molecular weight is 299 g/mol. The van der Waals surface area contributed by atoms with Gasteiger partial charge >= 0.3 is 0 Å². The van der Waals surface area contributed by atoms with Crippen LogP contribution in [0.2, 0.25) is 0 Å². The van der Waals surface area contributed by atoms with Crippen molar-refractivity contribution in [3.63, 3.8) is 0 Å². The summed E-state index contributed by atoms with van der Waals surface area (Å²) in [5.74, 6) is 0. The molecule has 1 heterocycles. The molecule has 0 saturated carbocycles. The zero-order chi connectivity index (χ0) is 14.5.